The zero-order chi connectivity index (χ0) is 15.2. The maximum absolute atomic E-state index is 11.8. The van der Waals surface area contributed by atoms with Gasteiger partial charge in [-0.05, 0) is 25.5 Å². The van der Waals surface area contributed by atoms with E-state index < -0.39 is 0 Å². The zero-order valence-electron chi connectivity index (χ0n) is 12.0. The lowest BCUT2D eigenvalue weighted by Gasteiger charge is -2.12. The van der Waals surface area contributed by atoms with Crippen LogP contribution in [0.4, 0.5) is 10.5 Å². The number of hydrogen-bond acceptors (Lipinski definition) is 4. The van der Waals surface area contributed by atoms with Gasteiger partial charge in [0.1, 0.15) is 5.75 Å². The van der Waals surface area contributed by atoms with Crippen molar-refractivity contribution in [3.63, 3.8) is 0 Å². The van der Waals surface area contributed by atoms with Gasteiger partial charge in [-0.2, -0.15) is 5.10 Å². The predicted octanol–water partition coefficient (Wildman–Crippen LogP) is 1.33. The van der Waals surface area contributed by atoms with Gasteiger partial charge in [-0.1, -0.05) is 12.1 Å². The first kappa shape index (κ1) is 14.8. The number of anilines is 1. The van der Waals surface area contributed by atoms with E-state index in [1.807, 2.05) is 6.07 Å². The zero-order valence-corrected chi connectivity index (χ0v) is 12.0. The van der Waals surface area contributed by atoms with Crippen LogP contribution in [0.3, 0.4) is 0 Å². The van der Waals surface area contributed by atoms with Gasteiger partial charge < -0.3 is 15.4 Å². The molecule has 0 saturated heterocycles. The van der Waals surface area contributed by atoms with Crippen molar-refractivity contribution in [3.8, 4) is 5.75 Å². The van der Waals surface area contributed by atoms with E-state index in [1.165, 1.54) is 0 Å². The number of carbonyl (C=O) groups excluding carboxylic acids is 2. The quantitative estimate of drug-likeness (QED) is 0.764. The molecule has 0 unspecified atom stereocenters. The lowest BCUT2D eigenvalue weighted by atomic mass is 10.0. The number of carbonyl (C=O) groups is 2. The van der Waals surface area contributed by atoms with Gasteiger partial charge in [0.25, 0.3) is 0 Å². The molecule has 1 atom stereocenters. The van der Waals surface area contributed by atoms with Crippen molar-refractivity contribution in [2.45, 2.75) is 13.3 Å². The van der Waals surface area contributed by atoms with Gasteiger partial charge in [0.2, 0.25) is 5.91 Å². The van der Waals surface area contributed by atoms with Crippen molar-refractivity contribution in [3.05, 3.63) is 24.3 Å². The summed E-state index contributed by atoms with van der Waals surface area (Å²) in [6.07, 6.45) is 0.514. The summed E-state index contributed by atoms with van der Waals surface area (Å²) in [6.45, 7) is 2.17. The lowest BCUT2D eigenvalue weighted by Crippen LogP contribution is -2.33. The topological polar surface area (TPSA) is 91.8 Å². The minimum absolute atomic E-state index is 0.126. The largest absolute Gasteiger partial charge is 0.495 e. The molecule has 0 fully saturated rings. The number of para-hydroxylation sites is 2. The van der Waals surface area contributed by atoms with E-state index in [4.69, 9.17) is 4.74 Å². The van der Waals surface area contributed by atoms with E-state index in [9.17, 15) is 9.59 Å². The first-order valence-electron chi connectivity index (χ1n) is 6.63. The molecule has 1 aliphatic heterocycles. The van der Waals surface area contributed by atoms with Crippen molar-refractivity contribution in [1.29, 1.82) is 0 Å². The number of methoxy groups -OCH3 is 1. The Hall–Kier alpha value is -2.57. The normalized spacial score (nSPS) is 17.0. The fourth-order valence-corrected chi connectivity index (χ4v) is 2.07. The number of benzene rings is 1. The third-order valence-corrected chi connectivity index (χ3v) is 3.24. The highest BCUT2D eigenvalue weighted by Gasteiger charge is 2.26. The summed E-state index contributed by atoms with van der Waals surface area (Å²) in [5.74, 6) is 0.196. The molecule has 0 saturated carbocycles. The van der Waals surface area contributed by atoms with Crippen LogP contribution in [0.25, 0.3) is 0 Å². The van der Waals surface area contributed by atoms with Gasteiger partial charge in [-0.3, -0.25) is 4.79 Å². The number of amides is 3. The van der Waals surface area contributed by atoms with E-state index in [0.29, 0.717) is 24.4 Å². The molecule has 3 N–H and O–H groups in total. The van der Waals surface area contributed by atoms with E-state index in [0.717, 1.165) is 5.71 Å². The molecule has 1 aromatic rings. The van der Waals surface area contributed by atoms with Crippen molar-refractivity contribution in [2.24, 2.45) is 11.0 Å². The van der Waals surface area contributed by atoms with Crippen LogP contribution in [0.5, 0.6) is 5.75 Å². The molecule has 7 nitrogen and oxygen atoms in total. The second kappa shape index (κ2) is 6.74. The van der Waals surface area contributed by atoms with E-state index in [-0.39, 0.29) is 17.9 Å². The van der Waals surface area contributed by atoms with Gasteiger partial charge >= 0.3 is 6.03 Å². The van der Waals surface area contributed by atoms with Crippen LogP contribution in [0.15, 0.2) is 29.4 Å². The number of hydrogen-bond donors (Lipinski definition) is 3. The fourth-order valence-electron chi connectivity index (χ4n) is 2.07. The van der Waals surface area contributed by atoms with Gasteiger partial charge in [0, 0.05) is 12.3 Å². The minimum atomic E-state index is -0.340. The monoisotopic (exact) mass is 290 g/mol. The molecule has 2 rings (SSSR count). The molecule has 112 valence electrons. The average Bonchev–Trinajstić information content (AvgIpc) is 2.79. The second-order valence-corrected chi connectivity index (χ2v) is 4.65. The molecule has 0 bridgehead atoms. The smallest absolute Gasteiger partial charge is 0.319 e. The maximum Gasteiger partial charge on any atom is 0.319 e. The first-order chi connectivity index (χ1) is 10.1. The Balaban J connectivity index is 1.80. The van der Waals surface area contributed by atoms with Crippen molar-refractivity contribution >= 4 is 23.3 Å². The highest BCUT2D eigenvalue weighted by molar-refractivity contribution is 6.06. The number of ether oxygens (including phenoxy) is 1. The predicted molar refractivity (Wildman–Crippen MR) is 79.4 cm³/mol. The van der Waals surface area contributed by atoms with Gasteiger partial charge in [-0.25, -0.2) is 10.2 Å². The van der Waals surface area contributed by atoms with Crippen LogP contribution >= 0.6 is 0 Å². The van der Waals surface area contributed by atoms with Crippen molar-refractivity contribution in [2.75, 3.05) is 19.0 Å². The summed E-state index contributed by atoms with van der Waals surface area (Å²) < 4.78 is 5.15. The Morgan fingerprint density at radius 3 is 2.86 bits per heavy atom. The van der Waals surface area contributed by atoms with Crippen LogP contribution in [-0.2, 0) is 4.79 Å². The summed E-state index contributed by atoms with van der Waals surface area (Å²) in [6, 6.07) is 6.80. The summed E-state index contributed by atoms with van der Waals surface area (Å²) >= 11 is 0. The summed E-state index contributed by atoms with van der Waals surface area (Å²) in [5.41, 5.74) is 3.75. The molecule has 1 heterocycles. The SMILES string of the molecule is COc1ccccc1NC(=O)NCC[C@H]1C(=O)NN=C1C. The Kier molecular flexibility index (Phi) is 4.76. The maximum atomic E-state index is 11.8. The van der Waals surface area contributed by atoms with Crippen LogP contribution < -0.4 is 20.8 Å². The molecule has 0 aliphatic carbocycles. The van der Waals surface area contributed by atoms with Gasteiger partial charge in [-0.15, -0.1) is 0 Å². The van der Waals surface area contributed by atoms with Gasteiger partial charge in [0.05, 0.1) is 18.7 Å². The third kappa shape index (κ3) is 3.71. The van der Waals surface area contributed by atoms with Gasteiger partial charge in [0.15, 0.2) is 0 Å². The molecular formula is C14H18N4O3. The average molecular weight is 290 g/mol. The van der Waals surface area contributed by atoms with Crippen LogP contribution in [0.1, 0.15) is 13.3 Å². The molecule has 21 heavy (non-hydrogen) atoms. The molecular weight excluding hydrogens is 272 g/mol. The Bertz CT molecular complexity index is 571. The first-order valence-corrected chi connectivity index (χ1v) is 6.63. The van der Waals surface area contributed by atoms with E-state index in [1.54, 1.807) is 32.2 Å². The number of nitrogens with one attached hydrogen (secondary N) is 3. The molecule has 1 aliphatic rings. The molecule has 0 radical (unpaired) electrons. The van der Waals surface area contributed by atoms with Crippen LogP contribution in [0.2, 0.25) is 0 Å². The standard InChI is InChI=1S/C14H18N4O3/c1-9-10(13(19)18-17-9)7-8-15-14(20)16-11-5-3-4-6-12(11)21-2/h3-6,10H,7-8H2,1-2H3,(H,18,19)(H2,15,16,20)/t10-/m1/s1. The number of nitrogens with zero attached hydrogens (tertiary/aromatic N) is 1. The minimum Gasteiger partial charge on any atom is -0.495 e. The lowest BCUT2D eigenvalue weighted by molar-refractivity contribution is -0.122. The Labute approximate surface area is 122 Å². The summed E-state index contributed by atoms with van der Waals surface area (Å²) in [4.78, 5) is 23.3. The van der Waals surface area contributed by atoms with E-state index >= 15 is 0 Å². The fraction of sp³-hybridized carbons (Fsp3) is 0.357. The molecule has 0 spiro atoms. The number of rotatable bonds is 5. The summed E-state index contributed by atoms with van der Waals surface area (Å²) in [7, 11) is 1.54. The Morgan fingerprint density at radius 1 is 1.43 bits per heavy atom. The third-order valence-electron chi connectivity index (χ3n) is 3.24. The molecule has 1 aromatic carbocycles. The second-order valence-electron chi connectivity index (χ2n) is 4.65. The number of hydrazone groups is 1. The van der Waals surface area contributed by atoms with Crippen LogP contribution in [0, 0.1) is 5.92 Å². The van der Waals surface area contributed by atoms with E-state index in [2.05, 4.69) is 21.2 Å². The Morgan fingerprint density at radius 2 is 2.19 bits per heavy atom. The molecule has 7 heteroatoms. The van der Waals surface area contributed by atoms with Crippen molar-refractivity contribution in [1.82, 2.24) is 10.7 Å². The number of urea groups is 1. The highest BCUT2D eigenvalue weighted by atomic mass is 16.5. The summed E-state index contributed by atoms with van der Waals surface area (Å²) in [5, 5.41) is 9.27. The highest BCUT2D eigenvalue weighted by Crippen LogP contribution is 2.22. The van der Waals surface area contributed by atoms with Crippen molar-refractivity contribution < 1.29 is 14.3 Å². The van der Waals surface area contributed by atoms with Crippen LogP contribution in [-0.4, -0.2) is 31.3 Å². The molecule has 0 aromatic heterocycles. The molecule has 3 amide bonds.